The molecule has 0 spiro atoms. The highest BCUT2D eigenvalue weighted by molar-refractivity contribution is 7.98. The molecular weight excluding hydrogens is 242 g/mol. The summed E-state index contributed by atoms with van der Waals surface area (Å²) >= 11 is 1.99. The van der Waals surface area contributed by atoms with Gasteiger partial charge < -0.3 is 10.2 Å². The lowest BCUT2D eigenvalue weighted by Crippen LogP contribution is -2.31. The fourth-order valence-corrected chi connectivity index (χ4v) is 2.70. The van der Waals surface area contributed by atoms with E-state index in [4.69, 9.17) is 0 Å². The van der Waals surface area contributed by atoms with Crippen molar-refractivity contribution in [2.45, 2.75) is 5.75 Å². The molecule has 3 nitrogen and oxygen atoms in total. The van der Waals surface area contributed by atoms with Gasteiger partial charge in [0.05, 0.1) is 12.9 Å². The van der Waals surface area contributed by atoms with Crippen molar-refractivity contribution >= 4 is 18.1 Å². The summed E-state index contributed by atoms with van der Waals surface area (Å²) in [7, 11) is 0. The summed E-state index contributed by atoms with van der Waals surface area (Å²) in [6.45, 7) is 5.27. The Morgan fingerprint density at radius 3 is 2.89 bits per heavy atom. The summed E-state index contributed by atoms with van der Waals surface area (Å²) in [5, 5.41) is 3.47. The van der Waals surface area contributed by atoms with Crippen LogP contribution in [0.4, 0.5) is 0 Å². The van der Waals surface area contributed by atoms with Gasteiger partial charge in [-0.15, -0.1) is 0 Å². The van der Waals surface area contributed by atoms with Gasteiger partial charge in [-0.3, -0.25) is 4.99 Å². The zero-order chi connectivity index (χ0) is 12.5. The minimum absolute atomic E-state index is 0.965. The van der Waals surface area contributed by atoms with Gasteiger partial charge in [0.1, 0.15) is 0 Å². The molecule has 1 aromatic carbocycles. The normalized spacial score (nSPS) is 14.3. The Morgan fingerprint density at radius 2 is 2.11 bits per heavy atom. The van der Waals surface area contributed by atoms with Crippen molar-refractivity contribution in [3.63, 3.8) is 0 Å². The van der Waals surface area contributed by atoms with Crippen LogP contribution in [-0.4, -0.2) is 49.7 Å². The molecule has 0 radical (unpaired) electrons. The fourth-order valence-electron chi connectivity index (χ4n) is 1.84. The highest BCUT2D eigenvalue weighted by Gasteiger charge is 2.03. The molecule has 1 aliphatic heterocycles. The molecule has 0 fully saturated rings. The van der Waals surface area contributed by atoms with Crippen LogP contribution < -0.4 is 5.32 Å². The van der Waals surface area contributed by atoms with Gasteiger partial charge in [-0.1, -0.05) is 30.3 Å². The molecule has 0 bridgehead atoms. The van der Waals surface area contributed by atoms with Crippen LogP contribution in [0.1, 0.15) is 5.56 Å². The molecule has 1 N–H and O–H groups in total. The summed E-state index contributed by atoms with van der Waals surface area (Å²) in [5.74, 6) is 2.28. The molecule has 4 heteroatoms. The highest BCUT2D eigenvalue weighted by Crippen LogP contribution is 2.10. The lowest BCUT2D eigenvalue weighted by molar-refractivity contribution is 0.456. The Balaban J connectivity index is 1.43. The van der Waals surface area contributed by atoms with E-state index in [1.54, 1.807) is 0 Å². The van der Waals surface area contributed by atoms with Crippen LogP contribution in [0.2, 0.25) is 0 Å². The maximum absolute atomic E-state index is 4.20. The summed E-state index contributed by atoms with van der Waals surface area (Å²) in [5.41, 5.74) is 1.41. The van der Waals surface area contributed by atoms with Crippen molar-refractivity contribution in [3.8, 4) is 0 Å². The topological polar surface area (TPSA) is 27.6 Å². The first-order valence-electron chi connectivity index (χ1n) is 6.51. The smallest absolute Gasteiger partial charge is 0.0851 e. The average Bonchev–Trinajstić information content (AvgIpc) is 2.92. The molecule has 0 saturated heterocycles. The zero-order valence-electron chi connectivity index (χ0n) is 10.7. The maximum Gasteiger partial charge on any atom is 0.0851 e. The monoisotopic (exact) mass is 263 g/mol. The SMILES string of the molecule is C1=NCCN1CCNCCSCc1ccccc1. The van der Waals surface area contributed by atoms with Gasteiger partial charge >= 0.3 is 0 Å². The lowest BCUT2D eigenvalue weighted by Gasteiger charge is -2.13. The molecule has 0 unspecified atom stereocenters. The predicted octanol–water partition coefficient (Wildman–Crippen LogP) is 1.85. The second kappa shape index (κ2) is 8.16. The van der Waals surface area contributed by atoms with Gasteiger partial charge in [0.15, 0.2) is 0 Å². The van der Waals surface area contributed by atoms with Crippen molar-refractivity contribution in [3.05, 3.63) is 35.9 Å². The van der Waals surface area contributed by atoms with E-state index in [0.29, 0.717) is 0 Å². The molecule has 1 aromatic rings. The van der Waals surface area contributed by atoms with Crippen LogP contribution in [0.5, 0.6) is 0 Å². The molecule has 2 rings (SSSR count). The van der Waals surface area contributed by atoms with Gasteiger partial charge in [0.25, 0.3) is 0 Å². The van der Waals surface area contributed by atoms with E-state index in [-0.39, 0.29) is 0 Å². The molecule has 0 aromatic heterocycles. The van der Waals surface area contributed by atoms with Gasteiger partial charge in [-0.25, -0.2) is 0 Å². The number of hydrogen-bond donors (Lipinski definition) is 1. The minimum atomic E-state index is 0.965. The van der Waals surface area contributed by atoms with Crippen LogP contribution in [0, 0.1) is 0 Å². The third-order valence-corrected chi connectivity index (χ3v) is 3.90. The summed E-state index contributed by atoms with van der Waals surface area (Å²) in [6, 6.07) is 10.6. The molecule has 1 aliphatic rings. The first kappa shape index (κ1) is 13.4. The van der Waals surface area contributed by atoms with Crippen LogP contribution in [0.25, 0.3) is 0 Å². The van der Waals surface area contributed by atoms with Crippen LogP contribution >= 0.6 is 11.8 Å². The molecule has 0 aliphatic carbocycles. The second-order valence-corrected chi connectivity index (χ2v) is 5.45. The molecule has 0 amide bonds. The van der Waals surface area contributed by atoms with Gasteiger partial charge in [-0.2, -0.15) is 11.8 Å². The minimum Gasteiger partial charge on any atom is -0.360 e. The maximum atomic E-state index is 4.20. The van der Waals surface area contributed by atoms with Crippen molar-refractivity contribution in [2.24, 2.45) is 4.99 Å². The van der Waals surface area contributed by atoms with Crippen molar-refractivity contribution in [1.82, 2.24) is 10.2 Å². The lowest BCUT2D eigenvalue weighted by atomic mass is 10.2. The first-order valence-corrected chi connectivity index (χ1v) is 7.67. The average molecular weight is 263 g/mol. The number of benzene rings is 1. The third kappa shape index (κ3) is 5.10. The Kier molecular flexibility index (Phi) is 6.09. The van der Waals surface area contributed by atoms with E-state index in [2.05, 4.69) is 45.5 Å². The summed E-state index contributed by atoms with van der Waals surface area (Å²) in [4.78, 5) is 6.46. The quantitative estimate of drug-likeness (QED) is 0.725. The number of thioether (sulfide) groups is 1. The molecule has 0 atom stereocenters. The highest BCUT2D eigenvalue weighted by atomic mass is 32.2. The Hall–Kier alpha value is -1.00. The number of nitrogens with one attached hydrogen (secondary N) is 1. The standard InChI is InChI=1S/C14H21N3S/c1-2-4-14(5-3-1)12-18-11-8-15-6-9-17-10-7-16-13-17/h1-5,13,15H,6-12H2. The van der Waals surface area contributed by atoms with Gasteiger partial charge in [0, 0.05) is 37.7 Å². The molecular formula is C14H21N3S. The second-order valence-electron chi connectivity index (χ2n) is 4.35. The summed E-state index contributed by atoms with van der Waals surface area (Å²) < 4.78 is 0. The Bertz CT molecular complexity index is 353. The summed E-state index contributed by atoms with van der Waals surface area (Å²) in [6.07, 6.45) is 1.96. The number of nitrogens with zero attached hydrogens (tertiary/aromatic N) is 2. The molecule has 0 saturated carbocycles. The van der Waals surface area contributed by atoms with Crippen molar-refractivity contribution in [2.75, 3.05) is 38.5 Å². The third-order valence-electron chi connectivity index (χ3n) is 2.87. The molecule has 18 heavy (non-hydrogen) atoms. The van der Waals surface area contributed by atoms with Crippen molar-refractivity contribution < 1.29 is 0 Å². The van der Waals surface area contributed by atoms with E-state index in [1.165, 1.54) is 11.3 Å². The fraction of sp³-hybridized carbons (Fsp3) is 0.500. The Labute approximate surface area is 114 Å². The van der Waals surface area contributed by atoms with E-state index in [0.717, 1.165) is 38.5 Å². The van der Waals surface area contributed by atoms with Gasteiger partial charge in [-0.05, 0) is 5.56 Å². The van der Waals surface area contributed by atoms with Crippen LogP contribution in [-0.2, 0) is 5.75 Å². The first-order chi connectivity index (χ1) is 8.95. The van der Waals surface area contributed by atoms with Crippen LogP contribution in [0.3, 0.4) is 0 Å². The molecule has 1 heterocycles. The number of aliphatic imine (C=N–C) groups is 1. The van der Waals surface area contributed by atoms with Gasteiger partial charge in [0.2, 0.25) is 0 Å². The van der Waals surface area contributed by atoms with E-state index in [9.17, 15) is 0 Å². The van der Waals surface area contributed by atoms with Crippen molar-refractivity contribution in [1.29, 1.82) is 0 Å². The zero-order valence-corrected chi connectivity index (χ0v) is 11.5. The number of hydrogen-bond acceptors (Lipinski definition) is 4. The Morgan fingerprint density at radius 1 is 1.22 bits per heavy atom. The van der Waals surface area contributed by atoms with E-state index >= 15 is 0 Å². The van der Waals surface area contributed by atoms with Crippen LogP contribution in [0.15, 0.2) is 35.3 Å². The molecule has 98 valence electrons. The van der Waals surface area contributed by atoms with E-state index < -0.39 is 0 Å². The van der Waals surface area contributed by atoms with E-state index in [1.807, 2.05) is 18.1 Å². The largest absolute Gasteiger partial charge is 0.360 e. The number of rotatable bonds is 8. The predicted molar refractivity (Wildman–Crippen MR) is 80.4 cm³/mol.